The number of aliphatic hydroxyl groups excluding tert-OH is 3. The summed E-state index contributed by atoms with van der Waals surface area (Å²) in [5.41, 5.74) is 0.510. The Bertz CT molecular complexity index is 194. The first-order valence-corrected chi connectivity index (χ1v) is 3.60. The van der Waals surface area contributed by atoms with Crippen LogP contribution in [0.25, 0.3) is 0 Å². The molecule has 0 radical (unpaired) electrons. The average Bonchev–Trinajstić information content (AvgIpc) is 2.05. The second kappa shape index (κ2) is 3.55. The van der Waals surface area contributed by atoms with Crippen molar-refractivity contribution in [3.8, 4) is 0 Å². The molecule has 1 atom stereocenters. The van der Waals surface area contributed by atoms with Crippen LogP contribution in [-0.2, 0) is 0 Å². The Kier molecular flexibility index (Phi) is 2.68. The average molecular weight is 156 g/mol. The molecule has 62 valence electrons. The molecular formula is C8H12O3. The number of rotatable bonds is 2. The van der Waals surface area contributed by atoms with Crippen LogP contribution in [0.2, 0.25) is 0 Å². The van der Waals surface area contributed by atoms with Crippen molar-refractivity contribution in [3.63, 3.8) is 0 Å². The molecule has 3 heteroatoms. The highest BCUT2D eigenvalue weighted by molar-refractivity contribution is 5.29. The van der Waals surface area contributed by atoms with E-state index in [-0.39, 0.29) is 24.9 Å². The zero-order valence-corrected chi connectivity index (χ0v) is 6.20. The van der Waals surface area contributed by atoms with Gasteiger partial charge >= 0.3 is 0 Å². The molecule has 1 aliphatic rings. The lowest BCUT2D eigenvalue weighted by Gasteiger charge is -2.15. The van der Waals surface area contributed by atoms with Crippen LogP contribution < -0.4 is 0 Å². The van der Waals surface area contributed by atoms with E-state index >= 15 is 0 Å². The quantitative estimate of drug-likeness (QED) is 0.541. The standard InChI is InChI=1S/C8H12O3/c9-4-6-1-2-8(11)7(3-6)5-10/h2-3,6,9-11H,1,4-5H2. The molecule has 0 aromatic rings. The summed E-state index contributed by atoms with van der Waals surface area (Å²) in [6, 6.07) is 0. The highest BCUT2D eigenvalue weighted by Crippen LogP contribution is 2.20. The third-order valence-electron chi connectivity index (χ3n) is 1.78. The summed E-state index contributed by atoms with van der Waals surface area (Å²) in [5.74, 6) is 0.185. The van der Waals surface area contributed by atoms with Gasteiger partial charge in [0.15, 0.2) is 0 Å². The van der Waals surface area contributed by atoms with Gasteiger partial charge in [0.1, 0.15) is 5.76 Å². The van der Waals surface area contributed by atoms with E-state index in [2.05, 4.69) is 0 Å². The maximum atomic E-state index is 9.13. The zero-order chi connectivity index (χ0) is 8.27. The van der Waals surface area contributed by atoms with Gasteiger partial charge < -0.3 is 15.3 Å². The summed E-state index contributed by atoms with van der Waals surface area (Å²) in [7, 11) is 0. The van der Waals surface area contributed by atoms with Crippen molar-refractivity contribution in [1.29, 1.82) is 0 Å². The molecule has 0 saturated heterocycles. The van der Waals surface area contributed by atoms with Crippen molar-refractivity contribution in [1.82, 2.24) is 0 Å². The molecule has 1 rings (SSSR count). The Morgan fingerprint density at radius 3 is 2.73 bits per heavy atom. The first kappa shape index (κ1) is 8.30. The van der Waals surface area contributed by atoms with Gasteiger partial charge in [0.25, 0.3) is 0 Å². The number of aliphatic hydroxyl groups is 3. The van der Waals surface area contributed by atoms with Crippen LogP contribution in [0.1, 0.15) is 6.42 Å². The van der Waals surface area contributed by atoms with Gasteiger partial charge in [-0.05, 0) is 12.5 Å². The number of hydrogen-bond acceptors (Lipinski definition) is 3. The van der Waals surface area contributed by atoms with E-state index in [1.807, 2.05) is 0 Å². The summed E-state index contributed by atoms with van der Waals surface area (Å²) in [6.45, 7) is -0.105. The minimum Gasteiger partial charge on any atom is -0.508 e. The lowest BCUT2D eigenvalue weighted by Crippen LogP contribution is -2.10. The second-order valence-corrected chi connectivity index (χ2v) is 2.62. The van der Waals surface area contributed by atoms with E-state index in [1.165, 1.54) is 0 Å². The van der Waals surface area contributed by atoms with Crippen molar-refractivity contribution in [2.45, 2.75) is 6.42 Å². The number of allylic oxidation sites excluding steroid dienone is 1. The van der Waals surface area contributed by atoms with E-state index < -0.39 is 0 Å². The van der Waals surface area contributed by atoms with Gasteiger partial charge in [0.2, 0.25) is 0 Å². The predicted molar refractivity (Wildman–Crippen MR) is 41.1 cm³/mol. The fourth-order valence-corrected chi connectivity index (χ4v) is 1.09. The largest absolute Gasteiger partial charge is 0.508 e. The van der Waals surface area contributed by atoms with Crippen molar-refractivity contribution in [2.75, 3.05) is 13.2 Å². The Labute approximate surface area is 65.3 Å². The number of hydrogen-bond donors (Lipinski definition) is 3. The summed E-state index contributed by atoms with van der Waals surface area (Å²) < 4.78 is 0. The third-order valence-corrected chi connectivity index (χ3v) is 1.78. The lowest BCUT2D eigenvalue weighted by atomic mass is 9.96. The van der Waals surface area contributed by atoms with E-state index in [1.54, 1.807) is 12.2 Å². The topological polar surface area (TPSA) is 60.7 Å². The van der Waals surface area contributed by atoms with Gasteiger partial charge in [-0.3, -0.25) is 0 Å². The van der Waals surface area contributed by atoms with Crippen LogP contribution in [0.4, 0.5) is 0 Å². The van der Waals surface area contributed by atoms with E-state index in [9.17, 15) is 0 Å². The fourth-order valence-electron chi connectivity index (χ4n) is 1.09. The van der Waals surface area contributed by atoms with Crippen LogP contribution in [0.5, 0.6) is 0 Å². The monoisotopic (exact) mass is 156 g/mol. The minimum atomic E-state index is -0.168. The molecule has 1 aliphatic carbocycles. The SMILES string of the molecule is OCC1=CC(CO)CC=C1O. The van der Waals surface area contributed by atoms with Crippen LogP contribution in [0.15, 0.2) is 23.5 Å². The van der Waals surface area contributed by atoms with Gasteiger partial charge in [0.05, 0.1) is 6.61 Å². The molecule has 0 spiro atoms. The summed E-state index contributed by atoms with van der Waals surface area (Å²) >= 11 is 0. The predicted octanol–water partition coefficient (Wildman–Crippen LogP) is 0.359. The maximum Gasteiger partial charge on any atom is 0.116 e. The van der Waals surface area contributed by atoms with Gasteiger partial charge in [-0.2, -0.15) is 0 Å². The Hall–Kier alpha value is -0.800. The molecule has 0 bridgehead atoms. The summed E-state index contributed by atoms with van der Waals surface area (Å²) in [6.07, 6.45) is 3.97. The fraction of sp³-hybridized carbons (Fsp3) is 0.500. The Morgan fingerprint density at radius 1 is 1.45 bits per heavy atom. The molecule has 0 saturated carbocycles. The second-order valence-electron chi connectivity index (χ2n) is 2.62. The van der Waals surface area contributed by atoms with E-state index in [0.717, 1.165) is 0 Å². The van der Waals surface area contributed by atoms with Crippen molar-refractivity contribution >= 4 is 0 Å². The van der Waals surface area contributed by atoms with Gasteiger partial charge in [0, 0.05) is 18.1 Å². The molecule has 0 amide bonds. The molecule has 0 aromatic carbocycles. The summed E-state index contributed by atoms with van der Waals surface area (Å²) in [4.78, 5) is 0. The Morgan fingerprint density at radius 2 is 2.18 bits per heavy atom. The summed E-state index contributed by atoms with van der Waals surface area (Å²) in [5, 5.41) is 26.6. The van der Waals surface area contributed by atoms with Crippen molar-refractivity contribution in [3.05, 3.63) is 23.5 Å². The molecule has 0 aliphatic heterocycles. The molecular weight excluding hydrogens is 144 g/mol. The van der Waals surface area contributed by atoms with Crippen molar-refractivity contribution in [2.24, 2.45) is 5.92 Å². The van der Waals surface area contributed by atoms with E-state index in [0.29, 0.717) is 12.0 Å². The first-order valence-electron chi connectivity index (χ1n) is 3.60. The first-order chi connectivity index (χ1) is 5.27. The van der Waals surface area contributed by atoms with E-state index in [4.69, 9.17) is 15.3 Å². The molecule has 3 N–H and O–H groups in total. The van der Waals surface area contributed by atoms with Crippen molar-refractivity contribution < 1.29 is 15.3 Å². The molecule has 0 fully saturated rings. The van der Waals surface area contributed by atoms with Crippen LogP contribution in [0.3, 0.4) is 0 Å². The smallest absolute Gasteiger partial charge is 0.116 e. The molecule has 11 heavy (non-hydrogen) atoms. The van der Waals surface area contributed by atoms with Crippen LogP contribution in [0, 0.1) is 5.92 Å². The molecule has 3 nitrogen and oxygen atoms in total. The molecule has 0 aromatic heterocycles. The molecule has 0 heterocycles. The van der Waals surface area contributed by atoms with Gasteiger partial charge in [-0.15, -0.1) is 0 Å². The normalized spacial score (nSPS) is 24.4. The highest BCUT2D eigenvalue weighted by Gasteiger charge is 2.12. The molecule has 1 unspecified atom stereocenters. The lowest BCUT2D eigenvalue weighted by molar-refractivity contribution is 0.246. The van der Waals surface area contributed by atoms with Crippen LogP contribution in [-0.4, -0.2) is 28.5 Å². The van der Waals surface area contributed by atoms with Crippen LogP contribution >= 0.6 is 0 Å². The minimum absolute atomic E-state index is 0.0491. The zero-order valence-electron chi connectivity index (χ0n) is 6.20. The Balaban J connectivity index is 2.69. The third kappa shape index (κ3) is 1.82. The highest BCUT2D eigenvalue weighted by atomic mass is 16.3. The maximum absolute atomic E-state index is 9.13. The van der Waals surface area contributed by atoms with Gasteiger partial charge in [-0.1, -0.05) is 6.08 Å². The van der Waals surface area contributed by atoms with Gasteiger partial charge in [-0.25, -0.2) is 0 Å².